The summed E-state index contributed by atoms with van der Waals surface area (Å²) in [5, 5.41) is 0. The molecule has 0 saturated heterocycles. The van der Waals surface area contributed by atoms with Gasteiger partial charge in [0, 0.05) is 10.9 Å². The van der Waals surface area contributed by atoms with Gasteiger partial charge in [-0.2, -0.15) is 13.2 Å². The molecule has 0 heterocycles. The molecular formula is C11H13BrF3NO. The summed E-state index contributed by atoms with van der Waals surface area (Å²) < 4.78 is 41.8. The molecule has 0 amide bonds. The lowest BCUT2D eigenvalue weighted by Gasteiger charge is -2.12. The first-order valence-corrected chi connectivity index (χ1v) is 5.84. The van der Waals surface area contributed by atoms with Crippen molar-refractivity contribution >= 4 is 21.6 Å². The Morgan fingerprint density at radius 2 is 2.00 bits per heavy atom. The molecule has 1 aromatic rings. The van der Waals surface area contributed by atoms with Crippen LogP contribution >= 0.6 is 15.9 Å². The van der Waals surface area contributed by atoms with Gasteiger partial charge in [-0.15, -0.1) is 0 Å². The lowest BCUT2D eigenvalue weighted by atomic mass is 10.2. The van der Waals surface area contributed by atoms with E-state index >= 15 is 0 Å². The van der Waals surface area contributed by atoms with Gasteiger partial charge in [-0.25, -0.2) is 0 Å². The zero-order valence-electron chi connectivity index (χ0n) is 9.27. The molecule has 17 heavy (non-hydrogen) atoms. The highest BCUT2D eigenvalue weighted by atomic mass is 79.9. The molecule has 96 valence electrons. The summed E-state index contributed by atoms with van der Waals surface area (Å²) in [6.45, 7) is 1.80. The molecule has 0 aliphatic rings. The monoisotopic (exact) mass is 311 g/mol. The van der Waals surface area contributed by atoms with Crippen LogP contribution in [-0.4, -0.2) is 12.8 Å². The summed E-state index contributed by atoms with van der Waals surface area (Å²) >= 11 is 3.27. The fourth-order valence-electron chi connectivity index (χ4n) is 1.40. The molecule has 1 rings (SSSR count). The Morgan fingerprint density at radius 3 is 2.53 bits per heavy atom. The predicted molar refractivity (Wildman–Crippen MR) is 64.1 cm³/mol. The Kier molecular flexibility index (Phi) is 4.68. The fraction of sp³-hybridized carbons (Fsp3) is 0.455. The van der Waals surface area contributed by atoms with Gasteiger partial charge in [-0.3, -0.25) is 0 Å². The summed E-state index contributed by atoms with van der Waals surface area (Å²) in [5.41, 5.74) is 6.93. The fourth-order valence-corrected chi connectivity index (χ4v) is 1.99. The molecule has 6 heteroatoms. The van der Waals surface area contributed by atoms with E-state index in [2.05, 4.69) is 15.9 Å². The van der Waals surface area contributed by atoms with Gasteiger partial charge in [0.1, 0.15) is 5.75 Å². The number of rotatable bonds is 4. The standard InChI is InChI=1S/C11H13BrF3NO/c1-7-5-8(12)6-9(16)10(7)17-4-2-3-11(13,14)15/h5-6H,2-4,16H2,1H3. The highest BCUT2D eigenvalue weighted by molar-refractivity contribution is 9.10. The van der Waals surface area contributed by atoms with Crippen molar-refractivity contribution in [3.05, 3.63) is 22.2 Å². The first kappa shape index (κ1) is 14.2. The number of hydrogen-bond donors (Lipinski definition) is 1. The first-order valence-electron chi connectivity index (χ1n) is 5.05. The minimum absolute atomic E-state index is 0.00613. The van der Waals surface area contributed by atoms with E-state index in [1.54, 1.807) is 19.1 Å². The minimum Gasteiger partial charge on any atom is -0.491 e. The Hall–Kier alpha value is -0.910. The second kappa shape index (κ2) is 5.62. The lowest BCUT2D eigenvalue weighted by molar-refractivity contribution is -0.136. The smallest absolute Gasteiger partial charge is 0.389 e. The largest absolute Gasteiger partial charge is 0.491 e. The Morgan fingerprint density at radius 1 is 1.35 bits per heavy atom. The van der Waals surface area contributed by atoms with Crippen molar-refractivity contribution in [1.82, 2.24) is 0 Å². The van der Waals surface area contributed by atoms with Crippen molar-refractivity contribution in [2.75, 3.05) is 12.3 Å². The third kappa shape index (κ3) is 4.85. The number of halogens is 4. The zero-order chi connectivity index (χ0) is 13.1. The molecular weight excluding hydrogens is 299 g/mol. The van der Waals surface area contributed by atoms with Gasteiger partial charge >= 0.3 is 6.18 Å². The number of benzene rings is 1. The molecule has 0 bridgehead atoms. The van der Waals surface area contributed by atoms with Crippen LogP contribution < -0.4 is 10.5 Å². The van der Waals surface area contributed by atoms with E-state index in [9.17, 15) is 13.2 Å². The summed E-state index contributed by atoms with van der Waals surface area (Å²) in [5.74, 6) is 0.454. The van der Waals surface area contributed by atoms with Crippen molar-refractivity contribution in [3.8, 4) is 5.75 Å². The number of hydrogen-bond acceptors (Lipinski definition) is 2. The SMILES string of the molecule is Cc1cc(Br)cc(N)c1OCCCC(F)(F)F. The number of alkyl halides is 3. The van der Waals surface area contributed by atoms with Crippen LogP contribution in [0.4, 0.5) is 18.9 Å². The molecule has 0 saturated carbocycles. The first-order chi connectivity index (χ1) is 7.79. The van der Waals surface area contributed by atoms with Gasteiger partial charge in [0.15, 0.2) is 0 Å². The summed E-state index contributed by atoms with van der Waals surface area (Å²) in [4.78, 5) is 0. The molecule has 0 fully saturated rings. The normalized spacial score (nSPS) is 11.6. The average Bonchev–Trinajstić information content (AvgIpc) is 2.13. The molecule has 0 atom stereocenters. The van der Waals surface area contributed by atoms with Crippen molar-refractivity contribution in [3.63, 3.8) is 0 Å². The third-order valence-corrected chi connectivity index (χ3v) is 2.58. The molecule has 0 spiro atoms. The van der Waals surface area contributed by atoms with Gasteiger partial charge in [-0.05, 0) is 31.0 Å². The second-order valence-electron chi connectivity index (χ2n) is 3.71. The Bertz CT molecular complexity index is 370. The van der Waals surface area contributed by atoms with E-state index in [1.807, 2.05) is 0 Å². The van der Waals surface area contributed by atoms with Gasteiger partial charge in [-0.1, -0.05) is 15.9 Å². The summed E-state index contributed by atoms with van der Waals surface area (Å²) in [6.07, 6.45) is -5.05. The number of aryl methyl sites for hydroxylation is 1. The van der Waals surface area contributed by atoms with E-state index < -0.39 is 12.6 Å². The van der Waals surface area contributed by atoms with Crippen molar-refractivity contribution < 1.29 is 17.9 Å². The average molecular weight is 312 g/mol. The Labute approximate surface area is 106 Å². The van der Waals surface area contributed by atoms with E-state index in [4.69, 9.17) is 10.5 Å². The topological polar surface area (TPSA) is 35.2 Å². The number of ether oxygens (including phenoxy) is 1. The van der Waals surface area contributed by atoms with Crippen LogP contribution in [0.3, 0.4) is 0 Å². The quantitative estimate of drug-likeness (QED) is 0.672. The predicted octanol–water partition coefficient (Wildman–Crippen LogP) is 4.06. The summed E-state index contributed by atoms with van der Waals surface area (Å²) in [6, 6.07) is 3.46. The third-order valence-electron chi connectivity index (χ3n) is 2.12. The lowest BCUT2D eigenvalue weighted by Crippen LogP contribution is -2.10. The van der Waals surface area contributed by atoms with Crippen LogP contribution in [-0.2, 0) is 0 Å². The van der Waals surface area contributed by atoms with Crippen LogP contribution in [0.1, 0.15) is 18.4 Å². The molecule has 2 N–H and O–H groups in total. The molecule has 0 radical (unpaired) electrons. The van der Waals surface area contributed by atoms with Gasteiger partial charge < -0.3 is 10.5 Å². The van der Waals surface area contributed by atoms with Crippen LogP contribution in [0.5, 0.6) is 5.75 Å². The number of nitrogens with two attached hydrogens (primary N) is 1. The van der Waals surface area contributed by atoms with Crippen LogP contribution in [0.15, 0.2) is 16.6 Å². The highest BCUT2D eigenvalue weighted by Gasteiger charge is 2.26. The van der Waals surface area contributed by atoms with Gasteiger partial charge in [0.05, 0.1) is 12.3 Å². The minimum atomic E-state index is -4.14. The van der Waals surface area contributed by atoms with E-state index in [0.29, 0.717) is 11.4 Å². The maximum atomic E-state index is 11.9. The molecule has 2 nitrogen and oxygen atoms in total. The van der Waals surface area contributed by atoms with Crippen molar-refractivity contribution in [2.24, 2.45) is 0 Å². The molecule has 0 unspecified atom stereocenters. The number of anilines is 1. The van der Waals surface area contributed by atoms with Crippen molar-refractivity contribution in [1.29, 1.82) is 0 Å². The van der Waals surface area contributed by atoms with Crippen LogP contribution in [0.2, 0.25) is 0 Å². The highest BCUT2D eigenvalue weighted by Crippen LogP contribution is 2.30. The van der Waals surface area contributed by atoms with Crippen LogP contribution in [0, 0.1) is 6.92 Å². The summed E-state index contributed by atoms with van der Waals surface area (Å²) in [7, 11) is 0. The Balaban J connectivity index is 2.53. The molecule has 0 aliphatic carbocycles. The molecule has 0 aliphatic heterocycles. The van der Waals surface area contributed by atoms with Gasteiger partial charge in [0.2, 0.25) is 0 Å². The van der Waals surface area contributed by atoms with Crippen LogP contribution in [0.25, 0.3) is 0 Å². The number of nitrogen functional groups attached to an aromatic ring is 1. The zero-order valence-corrected chi connectivity index (χ0v) is 10.9. The maximum Gasteiger partial charge on any atom is 0.389 e. The molecule has 1 aromatic carbocycles. The van der Waals surface area contributed by atoms with E-state index in [-0.39, 0.29) is 13.0 Å². The van der Waals surface area contributed by atoms with E-state index in [1.165, 1.54) is 0 Å². The molecule has 0 aromatic heterocycles. The maximum absolute atomic E-state index is 11.9. The van der Waals surface area contributed by atoms with Crippen molar-refractivity contribution in [2.45, 2.75) is 25.9 Å². The van der Waals surface area contributed by atoms with Gasteiger partial charge in [0.25, 0.3) is 0 Å². The second-order valence-corrected chi connectivity index (χ2v) is 4.62. The van der Waals surface area contributed by atoms with E-state index in [0.717, 1.165) is 10.0 Å².